The van der Waals surface area contributed by atoms with Gasteiger partial charge < -0.3 is 36.4 Å². The minimum absolute atomic E-state index is 0.0348. The van der Waals surface area contributed by atoms with Crippen LogP contribution in [-0.2, 0) is 9.59 Å². The van der Waals surface area contributed by atoms with Crippen LogP contribution in [0.1, 0.15) is 81.3 Å². The molecule has 250 valence electrons. The zero-order valence-corrected chi connectivity index (χ0v) is 27.1. The topological polar surface area (TPSA) is 153 Å². The van der Waals surface area contributed by atoms with Crippen LogP contribution >= 0.6 is 0 Å². The molecule has 2 heterocycles. The number of hydrogen-bond donors (Lipinski definition) is 6. The highest BCUT2D eigenvalue weighted by Crippen LogP contribution is 2.43. The minimum atomic E-state index is -0.984. The van der Waals surface area contributed by atoms with Gasteiger partial charge in [-0.3, -0.25) is 4.99 Å². The number of anilines is 1. The maximum atomic E-state index is 12.2. The summed E-state index contributed by atoms with van der Waals surface area (Å²) in [5, 5.41) is 28.4. The Morgan fingerprint density at radius 1 is 1.06 bits per heavy atom. The lowest BCUT2D eigenvalue weighted by Crippen LogP contribution is -2.48. The van der Waals surface area contributed by atoms with E-state index in [1.807, 2.05) is 18.3 Å². The number of fused-ring (bicyclic) bond motifs is 2. The number of rotatable bonds is 18. The van der Waals surface area contributed by atoms with Crippen LogP contribution in [0.15, 0.2) is 77.4 Å². The molecule has 47 heavy (non-hydrogen) atoms. The Kier molecular flexibility index (Phi) is 12.3. The van der Waals surface area contributed by atoms with Gasteiger partial charge in [-0.05, 0) is 96.0 Å². The Bertz CT molecular complexity index is 1560. The molecule has 2 aromatic carbocycles. The SMILES string of the molecule is NC1=NCC[C@@H](/C(=C\C(=O)O)[C@H](C[C@H]2C=Cc3cc4ccccc4cc3[C@@H]2CCCCCC[C@H](C=O)CCCO)Nc2ccc[nH]2)N1. The summed E-state index contributed by atoms with van der Waals surface area (Å²) in [7, 11) is 0. The number of nitrogens with one attached hydrogen (secondary N) is 3. The van der Waals surface area contributed by atoms with Gasteiger partial charge in [-0.15, -0.1) is 0 Å². The van der Waals surface area contributed by atoms with Crippen LogP contribution in [0.25, 0.3) is 16.8 Å². The number of hydrogen-bond acceptors (Lipinski definition) is 7. The van der Waals surface area contributed by atoms with Crippen LogP contribution in [-0.4, -0.2) is 58.6 Å². The van der Waals surface area contributed by atoms with E-state index in [-0.39, 0.29) is 36.4 Å². The van der Waals surface area contributed by atoms with Gasteiger partial charge in [0.2, 0.25) is 0 Å². The maximum absolute atomic E-state index is 12.2. The summed E-state index contributed by atoms with van der Waals surface area (Å²) < 4.78 is 0. The lowest BCUT2D eigenvalue weighted by molar-refractivity contribution is -0.131. The van der Waals surface area contributed by atoms with E-state index in [1.54, 1.807) is 0 Å². The predicted molar refractivity (Wildman–Crippen MR) is 189 cm³/mol. The average Bonchev–Trinajstić information content (AvgIpc) is 3.59. The lowest BCUT2D eigenvalue weighted by Gasteiger charge is -2.36. The lowest BCUT2D eigenvalue weighted by atomic mass is 9.72. The number of carbonyl (C=O) groups is 2. The molecule has 0 radical (unpaired) electrons. The standard InChI is InChI=1S/C38H49N5O4/c39-38-41-19-17-34(43-38)33(24-37(46)47)35(42-36-14-7-18-40-36)23-30-16-15-29-21-27-11-5-6-12-28(27)22-32(29)31(30)13-4-2-1-3-9-26(25-45)10-8-20-44/h5-7,11-12,14-16,18,21-22,24-26,30-31,34-35,40,42,44H,1-4,8-10,13,17,19-20,23H2,(H,46,47)(H3,39,41,43)/b33-24+/t26-,30+,31+,34-,35-/m0/s1. The van der Waals surface area contributed by atoms with E-state index in [2.05, 4.69) is 69.2 Å². The Morgan fingerprint density at radius 3 is 2.57 bits per heavy atom. The highest BCUT2D eigenvalue weighted by atomic mass is 16.4. The molecular weight excluding hydrogens is 590 g/mol. The van der Waals surface area contributed by atoms with Crippen molar-refractivity contribution in [3.05, 3.63) is 83.6 Å². The zero-order chi connectivity index (χ0) is 33.0. The van der Waals surface area contributed by atoms with Gasteiger partial charge in [-0.2, -0.15) is 0 Å². The van der Waals surface area contributed by atoms with Gasteiger partial charge in [-0.1, -0.05) is 68.2 Å². The number of aromatic amines is 1. The third-order valence-corrected chi connectivity index (χ3v) is 9.71. The van der Waals surface area contributed by atoms with E-state index < -0.39 is 5.97 Å². The van der Waals surface area contributed by atoms with Gasteiger partial charge >= 0.3 is 5.97 Å². The molecule has 0 spiro atoms. The Labute approximate surface area is 277 Å². The van der Waals surface area contributed by atoms with Crippen molar-refractivity contribution in [1.29, 1.82) is 0 Å². The molecule has 5 rings (SSSR count). The summed E-state index contributed by atoms with van der Waals surface area (Å²) in [4.78, 5) is 31.2. The Hall–Kier alpha value is -4.37. The van der Waals surface area contributed by atoms with E-state index in [0.29, 0.717) is 31.8 Å². The summed E-state index contributed by atoms with van der Waals surface area (Å²) in [6, 6.07) is 16.5. The first-order chi connectivity index (χ1) is 22.9. The number of carbonyl (C=O) groups excluding carboxylic acids is 1. The van der Waals surface area contributed by atoms with Crippen LogP contribution < -0.4 is 16.4 Å². The number of unbranched alkanes of at least 4 members (excludes halogenated alkanes) is 3. The van der Waals surface area contributed by atoms with Gasteiger partial charge in [0, 0.05) is 31.3 Å². The third kappa shape index (κ3) is 9.35. The molecule has 5 atom stereocenters. The predicted octanol–water partition coefficient (Wildman–Crippen LogP) is 6.38. The van der Waals surface area contributed by atoms with Crippen LogP contribution in [0, 0.1) is 11.8 Å². The number of H-pyrrole nitrogens is 1. The number of aliphatic carboxylic acids is 1. The maximum Gasteiger partial charge on any atom is 0.328 e. The number of aliphatic hydroxyl groups is 1. The molecular formula is C38H49N5O4. The summed E-state index contributed by atoms with van der Waals surface area (Å²) in [5.74, 6) is 0.645. The first-order valence-corrected chi connectivity index (χ1v) is 17.1. The summed E-state index contributed by atoms with van der Waals surface area (Å²) in [6.45, 7) is 0.670. The number of carboxylic acids is 1. The van der Waals surface area contributed by atoms with E-state index in [9.17, 15) is 14.7 Å². The first-order valence-electron chi connectivity index (χ1n) is 17.1. The molecule has 0 fully saturated rings. The molecule has 0 amide bonds. The number of aliphatic hydroxyl groups excluding tert-OH is 1. The largest absolute Gasteiger partial charge is 0.478 e. The van der Waals surface area contributed by atoms with Gasteiger partial charge in [0.05, 0.1) is 12.1 Å². The van der Waals surface area contributed by atoms with Gasteiger partial charge in [0.15, 0.2) is 5.96 Å². The molecule has 1 aromatic heterocycles. The van der Waals surface area contributed by atoms with Gasteiger partial charge in [-0.25, -0.2) is 4.79 Å². The van der Waals surface area contributed by atoms with Crippen molar-refractivity contribution in [2.24, 2.45) is 22.6 Å². The Balaban J connectivity index is 1.38. The Morgan fingerprint density at radius 2 is 1.85 bits per heavy atom. The molecule has 9 heteroatoms. The normalized spacial score (nSPS) is 20.6. The molecule has 1 aliphatic carbocycles. The van der Waals surface area contributed by atoms with Crippen molar-refractivity contribution < 1.29 is 19.8 Å². The highest BCUT2D eigenvalue weighted by molar-refractivity contribution is 5.87. The second kappa shape index (κ2) is 17.0. The fraction of sp³-hybridized carbons (Fsp3) is 0.447. The minimum Gasteiger partial charge on any atom is -0.478 e. The molecule has 0 unspecified atom stereocenters. The molecule has 7 N–H and O–H groups in total. The van der Waals surface area contributed by atoms with Crippen molar-refractivity contribution in [2.45, 2.75) is 82.2 Å². The highest BCUT2D eigenvalue weighted by Gasteiger charge is 2.33. The monoisotopic (exact) mass is 639 g/mol. The molecule has 0 saturated carbocycles. The zero-order valence-electron chi connectivity index (χ0n) is 27.1. The van der Waals surface area contributed by atoms with E-state index in [0.717, 1.165) is 62.6 Å². The van der Waals surface area contributed by atoms with Crippen molar-refractivity contribution in [3.8, 4) is 0 Å². The smallest absolute Gasteiger partial charge is 0.328 e. The van der Waals surface area contributed by atoms with E-state index in [1.165, 1.54) is 28.0 Å². The molecule has 0 saturated heterocycles. The average molecular weight is 640 g/mol. The first kappa shape index (κ1) is 34.0. The van der Waals surface area contributed by atoms with Crippen LogP contribution in [0.3, 0.4) is 0 Å². The van der Waals surface area contributed by atoms with Crippen molar-refractivity contribution >= 4 is 40.9 Å². The second-order valence-electron chi connectivity index (χ2n) is 13.0. The van der Waals surface area contributed by atoms with Crippen molar-refractivity contribution in [1.82, 2.24) is 10.3 Å². The molecule has 1 aliphatic heterocycles. The number of nitrogens with two attached hydrogens (primary N) is 1. The fourth-order valence-corrected chi connectivity index (χ4v) is 7.31. The molecule has 2 aliphatic rings. The molecule has 9 nitrogen and oxygen atoms in total. The number of aromatic nitrogens is 1. The van der Waals surface area contributed by atoms with Crippen LogP contribution in [0.4, 0.5) is 5.82 Å². The molecule has 0 bridgehead atoms. The third-order valence-electron chi connectivity index (χ3n) is 9.71. The number of benzene rings is 2. The van der Waals surface area contributed by atoms with E-state index >= 15 is 0 Å². The number of carboxylic acid groups (broad SMARTS) is 1. The number of aliphatic imine (C=N–C) groups is 1. The number of nitrogens with zero attached hydrogens (tertiary/aromatic N) is 1. The van der Waals surface area contributed by atoms with Crippen LogP contribution in [0.2, 0.25) is 0 Å². The fourth-order valence-electron chi connectivity index (χ4n) is 7.31. The summed E-state index contributed by atoms with van der Waals surface area (Å²) >= 11 is 0. The van der Waals surface area contributed by atoms with E-state index in [4.69, 9.17) is 10.8 Å². The number of allylic oxidation sites excluding steroid dienone is 1. The molecule has 3 aromatic rings. The second-order valence-corrected chi connectivity index (χ2v) is 13.0. The number of aldehydes is 1. The van der Waals surface area contributed by atoms with Crippen LogP contribution in [0.5, 0.6) is 0 Å². The van der Waals surface area contributed by atoms with Gasteiger partial charge in [0.25, 0.3) is 0 Å². The quantitative estimate of drug-likeness (QED) is 0.0536. The van der Waals surface area contributed by atoms with Gasteiger partial charge in [0.1, 0.15) is 12.1 Å². The van der Waals surface area contributed by atoms with Crippen molar-refractivity contribution in [3.63, 3.8) is 0 Å². The summed E-state index contributed by atoms with van der Waals surface area (Å²) in [5.41, 5.74) is 9.42. The summed E-state index contributed by atoms with van der Waals surface area (Å²) in [6.07, 6.45) is 17.7. The number of guanidine groups is 1. The van der Waals surface area contributed by atoms with Crippen molar-refractivity contribution in [2.75, 3.05) is 18.5 Å².